The molecule has 114 valence electrons. The summed E-state index contributed by atoms with van der Waals surface area (Å²) in [4.78, 5) is 16.0. The van der Waals surface area contributed by atoms with E-state index < -0.39 is 0 Å². The van der Waals surface area contributed by atoms with E-state index in [-0.39, 0.29) is 25.6 Å². The molecule has 3 N–H and O–H groups in total. The van der Waals surface area contributed by atoms with E-state index in [1.165, 1.54) is 0 Å². The second kappa shape index (κ2) is 7.75. The molecular formula is C13H19N5O2S. The quantitative estimate of drug-likeness (QED) is 0.665. The zero-order chi connectivity index (χ0) is 15.1. The lowest BCUT2D eigenvalue weighted by atomic mass is 10.4. The summed E-state index contributed by atoms with van der Waals surface area (Å²) in [5.74, 6) is -0.175. The summed E-state index contributed by atoms with van der Waals surface area (Å²) in [6.07, 6.45) is 4.39. The van der Waals surface area contributed by atoms with E-state index in [0.29, 0.717) is 6.54 Å². The molecule has 0 fully saturated rings. The lowest BCUT2D eigenvalue weighted by Crippen LogP contribution is -2.30. The molecule has 7 nitrogen and oxygen atoms in total. The Labute approximate surface area is 127 Å². The SMILES string of the molecule is CCc1nc(CNc2cnn(CC(=O)NCCO)c2)cs1. The maximum absolute atomic E-state index is 11.5. The highest BCUT2D eigenvalue weighted by molar-refractivity contribution is 7.09. The highest BCUT2D eigenvalue weighted by Crippen LogP contribution is 2.12. The molecule has 2 aromatic rings. The molecule has 0 aliphatic heterocycles. The molecule has 2 aromatic heterocycles. The van der Waals surface area contributed by atoms with E-state index in [1.54, 1.807) is 28.4 Å². The number of thiazole rings is 1. The number of hydrogen-bond donors (Lipinski definition) is 3. The molecule has 0 spiro atoms. The number of anilines is 1. The normalized spacial score (nSPS) is 10.6. The van der Waals surface area contributed by atoms with Crippen molar-refractivity contribution in [3.8, 4) is 0 Å². The van der Waals surface area contributed by atoms with Gasteiger partial charge in [-0.3, -0.25) is 9.48 Å². The van der Waals surface area contributed by atoms with Crippen LogP contribution >= 0.6 is 11.3 Å². The maximum Gasteiger partial charge on any atom is 0.241 e. The number of aliphatic hydroxyl groups excluding tert-OH is 1. The molecule has 8 heteroatoms. The standard InChI is InChI=1S/C13H19N5O2S/c1-2-13-17-11(9-21-13)5-15-10-6-16-18(7-10)8-12(20)14-3-4-19/h6-7,9,15,19H,2-5,8H2,1H3,(H,14,20). The van der Waals surface area contributed by atoms with Crippen LogP contribution in [0, 0.1) is 0 Å². The molecule has 0 aliphatic carbocycles. The molecule has 2 heterocycles. The van der Waals surface area contributed by atoms with Gasteiger partial charge in [0, 0.05) is 18.1 Å². The minimum Gasteiger partial charge on any atom is -0.395 e. The van der Waals surface area contributed by atoms with E-state index in [0.717, 1.165) is 22.8 Å². The number of nitrogens with one attached hydrogen (secondary N) is 2. The summed E-state index contributed by atoms with van der Waals surface area (Å²) in [5, 5.41) is 21.7. The number of amides is 1. The Bertz CT molecular complexity index is 581. The van der Waals surface area contributed by atoms with Crippen molar-refractivity contribution in [1.29, 1.82) is 0 Å². The average Bonchev–Trinajstić information content (AvgIpc) is 3.11. The van der Waals surface area contributed by atoms with Crippen LogP contribution in [-0.4, -0.2) is 38.9 Å². The number of aliphatic hydroxyl groups is 1. The highest BCUT2D eigenvalue weighted by Gasteiger charge is 2.05. The number of carbonyl (C=O) groups is 1. The Balaban J connectivity index is 1.81. The number of aryl methyl sites for hydroxylation is 1. The first-order valence-corrected chi connectivity index (χ1v) is 7.66. The minimum absolute atomic E-state index is 0.0644. The average molecular weight is 309 g/mol. The smallest absolute Gasteiger partial charge is 0.241 e. The van der Waals surface area contributed by atoms with Crippen LogP contribution in [0.4, 0.5) is 5.69 Å². The third-order valence-corrected chi connectivity index (χ3v) is 3.79. The van der Waals surface area contributed by atoms with Crippen LogP contribution in [0.1, 0.15) is 17.6 Å². The lowest BCUT2D eigenvalue weighted by molar-refractivity contribution is -0.122. The first kappa shape index (κ1) is 15.5. The van der Waals surface area contributed by atoms with Crippen LogP contribution in [-0.2, 0) is 24.3 Å². The molecule has 1 amide bonds. The molecule has 0 radical (unpaired) electrons. The first-order valence-electron chi connectivity index (χ1n) is 6.78. The fourth-order valence-corrected chi connectivity index (χ4v) is 2.47. The number of aromatic nitrogens is 3. The maximum atomic E-state index is 11.5. The molecule has 0 saturated heterocycles. The predicted molar refractivity (Wildman–Crippen MR) is 81.1 cm³/mol. The number of carbonyl (C=O) groups excluding carboxylic acids is 1. The van der Waals surface area contributed by atoms with Gasteiger partial charge in [0.15, 0.2) is 0 Å². The molecule has 0 saturated carbocycles. The van der Waals surface area contributed by atoms with Gasteiger partial charge in [-0.05, 0) is 6.42 Å². The van der Waals surface area contributed by atoms with Gasteiger partial charge in [-0.25, -0.2) is 4.98 Å². The van der Waals surface area contributed by atoms with E-state index in [2.05, 4.69) is 27.6 Å². The first-order chi connectivity index (χ1) is 10.2. The van der Waals surface area contributed by atoms with E-state index in [9.17, 15) is 4.79 Å². The van der Waals surface area contributed by atoms with E-state index >= 15 is 0 Å². The van der Waals surface area contributed by atoms with Crippen molar-refractivity contribution >= 4 is 22.9 Å². The van der Waals surface area contributed by atoms with Gasteiger partial charge >= 0.3 is 0 Å². The topological polar surface area (TPSA) is 92.1 Å². The molecule has 0 bridgehead atoms. The van der Waals surface area contributed by atoms with Crippen molar-refractivity contribution in [2.45, 2.75) is 26.4 Å². The van der Waals surface area contributed by atoms with E-state index in [1.807, 2.05) is 5.38 Å². The van der Waals surface area contributed by atoms with Gasteiger partial charge in [0.1, 0.15) is 6.54 Å². The van der Waals surface area contributed by atoms with Gasteiger partial charge in [0.25, 0.3) is 0 Å². The van der Waals surface area contributed by atoms with Gasteiger partial charge in [-0.2, -0.15) is 5.10 Å². The van der Waals surface area contributed by atoms with Crippen LogP contribution in [0.15, 0.2) is 17.8 Å². The van der Waals surface area contributed by atoms with Crippen molar-refractivity contribution in [2.75, 3.05) is 18.5 Å². The zero-order valence-electron chi connectivity index (χ0n) is 11.9. The van der Waals surface area contributed by atoms with Crippen LogP contribution in [0.3, 0.4) is 0 Å². The van der Waals surface area contributed by atoms with Crippen LogP contribution in [0.2, 0.25) is 0 Å². The monoisotopic (exact) mass is 309 g/mol. The molecule has 0 aliphatic rings. The zero-order valence-corrected chi connectivity index (χ0v) is 12.7. The second-order valence-electron chi connectivity index (χ2n) is 4.44. The van der Waals surface area contributed by atoms with Gasteiger partial charge in [-0.15, -0.1) is 11.3 Å². The summed E-state index contributed by atoms with van der Waals surface area (Å²) >= 11 is 1.66. The Morgan fingerprint density at radius 2 is 2.38 bits per heavy atom. The molecule has 0 atom stereocenters. The van der Waals surface area contributed by atoms with E-state index in [4.69, 9.17) is 5.11 Å². The van der Waals surface area contributed by atoms with Gasteiger partial charge in [0.05, 0.1) is 35.7 Å². The summed E-state index contributed by atoms with van der Waals surface area (Å²) in [5.41, 5.74) is 1.85. The third kappa shape index (κ3) is 4.83. The summed E-state index contributed by atoms with van der Waals surface area (Å²) < 4.78 is 1.55. The summed E-state index contributed by atoms with van der Waals surface area (Å²) in [6.45, 7) is 3.05. The molecule has 0 unspecified atom stereocenters. The molecular weight excluding hydrogens is 290 g/mol. The van der Waals surface area contributed by atoms with Crippen molar-refractivity contribution < 1.29 is 9.90 Å². The van der Waals surface area contributed by atoms with Crippen molar-refractivity contribution in [3.63, 3.8) is 0 Å². The number of hydrogen-bond acceptors (Lipinski definition) is 6. The van der Waals surface area contributed by atoms with Crippen molar-refractivity contribution in [2.24, 2.45) is 0 Å². The van der Waals surface area contributed by atoms with Crippen LogP contribution in [0.5, 0.6) is 0 Å². The highest BCUT2D eigenvalue weighted by atomic mass is 32.1. The number of rotatable bonds is 8. The van der Waals surface area contributed by atoms with Crippen LogP contribution < -0.4 is 10.6 Å². The Hall–Kier alpha value is -1.93. The Kier molecular flexibility index (Phi) is 5.70. The van der Waals surface area contributed by atoms with Gasteiger partial charge in [-0.1, -0.05) is 6.92 Å². The Morgan fingerprint density at radius 1 is 1.52 bits per heavy atom. The molecule has 21 heavy (non-hydrogen) atoms. The second-order valence-corrected chi connectivity index (χ2v) is 5.38. The minimum atomic E-state index is -0.175. The van der Waals surface area contributed by atoms with Gasteiger partial charge in [0.2, 0.25) is 5.91 Å². The molecule has 2 rings (SSSR count). The summed E-state index contributed by atoms with van der Waals surface area (Å²) in [7, 11) is 0. The largest absolute Gasteiger partial charge is 0.395 e. The van der Waals surface area contributed by atoms with Crippen molar-refractivity contribution in [3.05, 3.63) is 28.5 Å². The summed E-state index contributed by atoms with van der Waals surface area (Å²) in [6, 6.07) is 0. The third-order valence-electron chi connectivity index (χ3n) is 2.75. The number of nitrogens with zero attached hydrogens (tertiary/aromatic N) is 3. The van der Waals surface area contributed by atoms with Crippen LogP contribution in [0.25, 0.3) is 0 Å². The molecule has 0 aromatic carbocycles. The van der Waals surface area contributed by atoms with Crippen molar-refractivity contribution in [1.82, 2.24) is 20.1 Å². The van der Waals surface area contributed by atoms with Gasteiger partial charge < -0.3 is 15.7 Å². The fourth-order valence-electron chi connectivity index (χ4n) is 1.72. The Morgan fingerprint density at radius 3 is 3.10 bits per heavy atom. The predicted octanol–water partition coefficient (Wildman–Crippen LogP) is 0.623. The fraction of sp³-hybridized carbons (Fsp3) is 0.462. The lowest BCUT2D eigenvalue weighted by Gasteiger charge is -2.03.